The van der Waals surface area contributed by atoms with Crippen LogP contribution in [-0.4, -0.2) is 51.0 Å². The lowest BCUT2D eigenvalue weighted by Gasteiger charge is -2.36. The molecule has 0 amide bonds. The van der Waals surface area contributed by atoms with Crippen LogP contribution in [0.4, 0.5) is 0 Å². The predicted octanol–water partition coefficient (Wildman–Crippen LogP) is 2.66. The van der Waals surface area contributed by atoms with Crippen LogP contribution < -0.4 is 0 Å². The summed E-state index contributed by atoms with van der Waals surface area (Å²) in [6, 6.07) is 3.07. The summed E-state index contributed by atoms with van der Waals surface area (Å²) in [5.41, 5.74) is -1.50. The van der Waals surface area contributed by atoms with Gasteiger partial charge < -0.3 is 24.5 Å². The van der Waals surface area contributed by atoms with Crippen LogP contribution in [0.2, 0.25) is 0 Å². The normalized spacial score (nSPS) is 42.8. The number of esters is 1. The molecule has 3 N–H and O–H groups in total. The number of aliphatic hydroxyl groups is 3. The van der Waals surface area contributed by atoms with E-state index in [0.717, 1.165) is 0 Å². The van der Waals surface area contributed by atoms with Gasteiger partial charge in [0.25, 0.3) is 0 Å². The van der Waals surface area contributed by atoms with Crippen LogP contribution in [0.3, 0.4) is 0 Å². The van der Waals surface area contributed by atoms with Crippen molar-refractivity contribution in [3.8, 4) is 0 Å². The molecule has 7 heteroatoms. The minimum Gasteiger partial charge on any atom is -0.457 e. The number of allylic oxidation sites excluding steroid dienone is 1. The Hall–Kier alpha value is -2.22. The third-order valence-corrected chi connectivity index (χ3v) is 8.03. The summed E-state index contributed by atoms with van der Waals surface area (Å²) in [5, 5.41) is 33.5. The van der Waals surface area contributed by atoms with Crippen LogP contribution in [0.5, 0.6) is 0 Å². The maximum Gasteiger partial charge on any atom is 0.374 e. The molecule has 8 atom stereocenters. The average Bonchev–Trinajstić information content (AvgIpc) is 3.13. The Bertz CT molecular complexity index is 959. The van der Waals surface area contributed by atoms with Gasteiger partial charge in [0, 0.05) is 0 Å². The van der Waals surface area contributed by atoms with E-state index >= 15 is 0 Å². The standard InChI is InChI=1S/C25H32O7/c1-12-9-15-16(24(15,4)5)10-18(32-23(29)17-7-6-8-31-17)14(3)21(27)19-20(26)13(2)11-25(19,30)22(12)28/h6-9,13,15-16,18-21,26-27,30H,3,10-11H2,1-2,4-5H3/b12-9+/t13-,15+,16-,18+,19+,20-,21-,25+/m0/s1. The van der Waals surface area contributed by atoms with E-state index in [-0.39, 0.29) is 35.0 Å². The smallest absolute Gasteiger partial charge is 0.374 e. The van der Waals surface area contributed by atoms with Gasteiger partial charge in [-0.3, -0.25) is 4.79 Å². The van der Waals surface area contributed by atoms with Crippen LogP contribution in [0.25, 0.3) is 0 Å². The second-order valence-electron chi connectivity index (χ2n) is 10.4. The number of furan rings is 1. The maximum atomic E-state index is 13.3. The summed E-state index contributed by atoms with van der Waals surface area (Å²) in [6.07, 6.45) is 0.250. The number of fused-ring (bicyclic) bond motifs is 2. The molecule has 2 fully saturated rings. The molecule has 3 aliphatic rings. The monoisotopic (exact) mass is 444 g/mol. The highest BCUT2D eigenvalue weighted by Gasteiger charge is 2.62. The zero-order valence-corrected chi connectivity index (χ0v) is 18.9. The summed E-state index contributed by atoms with van der Waals surface area (Å²) < 4.78 is 10.9. The molecule has 0 aliphatic heterocycles. The summed E-state index contributed by atoms with van der Waals surface area (Å²) in [4.78, 5) is 26.0. The third kappa shape index (κ3) is 3.47. The molecule has 0 saturated heterocycles. The highest BCUT2D eigenvalue weighted by molar-refractivity contribution is 6.02. The van der Waals surface area contributed by atoms with Gasteiger partial charge in [-0.05, 0) is 66.2 Å². The second-order valence-corrected chi connectivity index (χ2v) is 10.4. The largest absolute Gasteiger partial charge is 0.457 e. The van der Waals surface area contributed by atoms with Gasteiger partial charge in [0.15, 0.2) is 5.78 Å². The number of aliphatic hydroxyl groups excluding tert-OH is 2. The van der Waals surface area contributed by atoms with Crippen molar-refractivity contribution in [2.24, 2.45) is 29.1 Å². The highest BCUT2D eigenvalue weighted by Crippen LogP contribution is 2.62. The number of hydrogen-bond acceptors (Lipinski definition) is 7. The number of Topliss-reactive ketones (excluding diaryl/α,β-unsaturated/α-hetero) is 1. The first-order valence-electron chi connectivity index (χ1n) is 11.1. The first-order valence-corrected chi connectivity index (χ1v) is 11.1. The van der Waals surface area contributed by atoms with Gasteiger partial charge in [-0.25, -0.2) is 4.79 Å². The van der Waals surface area contributed by atoms with E-state index in [4.69, 9.17) is 9.15 Å². The number of hydrogen-bond donors (Lipinski definition) is 3. The first kappa shape index (κ1) is 23.0. The average molecular weight is 445 g/mol. The molecule has 0 aromatic carbocycles. The molecule has 0 spiro atoms. The molecule has 1 aromatic rings. The van der Waals surface area contributed by atoms with E-state index in [9.17, 15) is 24.9 Å². The van der Waals surface area contributed by atoms with E-state index in [1.54, 1.807) is 19.9 Å². The predicted molar refractivity (Wildman–Crippen MR) is 115 cm³/mol. The van der Waals surface area contributed by atoms with Crippen molar-refractivity contribution in [3.63, 3.8) is 0 Å². The van der Waals surface area contributed by atoms with Gasteiger partial charge in [0.1, 0.15) is 11.7 Å². The maximum absolute atomic E-state index is 13.3. The fraction of sp³-hybridized carbons (Fsp3) is 0.600. The minimum absolute atomic E-state index is 0.0293. The zero-order chi connectivity index (χ0) is 23.6. The molecule has 3 aliphatic carbocycles. The van der Waals surface area contributed by atoms with E-state index in [1.165, 1.54) is 12.3 Å². The molecule has 2 saturated carbocycles. The number of ketones is 1. The molecule has 32 heavy (non-hydrogen) atoms. The number of ether oxygens (including phenoxy) is 1. The highest BCUT2D eigenvalue weighted by atomic mass is 16.6. The Morgan fingerprint density at radius 3 is 2.62 bits per heavy atom. The van der Waals surface area contributed by atoms with Crippen molar-refractivity contribution in [3.05, 3.63) is 48.0 Å². The van der Waals surface area contributed by atoms with Crippen LogP contribution in [0.1, 0.15) is 51.1 Å². The fourth-order valence-corrected chi connectivity index (χ4v) is 5.84. The van der Waals surface area contributed by atoms with Crippen LogP contribution in [-0.2, 0) is 9.53 Å². The molecule has 0 bridgehead atoms. The van der Waals surface area contributed by atoms with Crippen LogP contribution in [0.15, 0.2) is 46.6 Å². The van der Waals surface area contributed by atoms with Crippen molar-refractivity contribution in [1.29, 1.82) is 0 Å². The zero-order valence-electron chi connectivity index (χ0n) is 18.9. The molecular formula is C25H32O7. The molecule has 1 heterocycles. The van der Waals surface area contributed by atoms with Gasteiger partial charge in [-0.2, -0.15) is 0 Å². The van der Waals surface area contributed by atoms with E-state index in [0.29, 0.717) is 12.0 Å². The summed E-state index contributed by atoms with van der Waals surface area (Å²) in [7, 11) is 0. The Labute approximate surface area is 187 Å². The third-order valence-electron chi connectivity index (χ3n) is 8.03. The van der Waals surface area contributed by atoms with Gasteiger partial charge in [0.2, 0.25) is 5.76 Å². The molecule has 0 unspecified atom stereocenters. The lowest BCUT2D eigenvalue weighted by molar-refractivity contribution is -0.145. The number of rotatable bonds is 2. The summed E-state index contributed by atoms with van der Waals surface area (Å²) in [5.74, 6) is -2.58. The molecule has 7 nitrogen and oxygen atoms in total. The topological polar surface area (TPSA) is 117 Å². The van der Waals surface area contributed by atoms with E-state index < -0.39 is 47.5 Å². The van der Waals surface area contributed by atoms with Crippen molar-refractivity contribution < 1.29 is 34.1 Å². The second kappa shape index (κ2) is 7.68. The Morgan fingerprint density at radius 2 is 2.00 bits per heavy atom. The van der Waals surface area contributed by atoms with Gasteiger partial charge >= 0.3 is 5.97 Å². The van der Waals surface area contributed by atoms with Crippen molar-refractivity contribution >= 4 is 11.8 Å². The van der Waals surface area contributed by atoms with E-state index in [2.05, 4.69) is 20.4 Å². The number of carbonyl (C=O) groups is 2. The SMILES string of the molecule is C=C1[C@H](OC(=O)c2ccco2)C[C@H]2[C@@H](/C=C(\C)C(=O)[C@@]3(O)C[C@H](C)[C@H](O)[C@@H]3[C@H]1O)C2(C)C. The molecule has 1 aromatic heterocycles. The molecule has 4 rings (SSSR count). The Kier molecular flexibility index (Phi) is 5.51. The van der Waals surface area contributed by atoms with Crippen molar-refractivity contribution in [2.45, 2.75) is 64.4 Å². The van der Waals surface area contributed by atoms with Crippen LogP contribution >= 0.6 is 0 Å². The van der Waals surface area contributed by atoms with Crippen LogP contribution in [0, 0.1) is 29.1 Å². The lowest BCUT2D eigenvalue weighted by Crippen LogP contribution is -2.51. The molecule has 174 valence electrons. The van der Waals surface area contributed by atoms with Crippen molar-refractivity contribution in [1.82, 2.24) is 0 Å². The quantitative estimate of drug-likeness (QED) is 0.474. The minimum atomic E-state index is -1.93. The summed E-state index contributed by atoms with van der Waals surface area (Å²) >= 11 is 0. The van der Waals surface area contributed by atoms with E-state index in [1.807, 2.05) is 6.08 Å². The van der Waals surface area contributed by atoms with Gasteiger partial charge in [-0.15, -0.1) is 0 Å². The first-order chi connectivity index (χ1) is 14.9. The summed E-state index contributed by atoms with van der Waals surface area (Å²) in [6.45, 7) is 11.6. The van der Waals surface area contributed by atoms with Crippen molar-refractivity contribution in [2.75, 3.05) is 0 Å². The lowest BCUT2D eigenvalue weighted by atomic mass is 9.76. The fourth-order valence-electron chi connectivity index (χ4n) is 5.84. The molecule has 0 radical (unpaired) electrons. The Balaban J connectivity index is 1.75. The Morgan fingerprint density at radius 1 is 1.31 bits per heavy atom. The van der Waals surface area contributed by atoms with Gasteiger partial charge in [-0.1, -0.05) is 33.4 Å². The van der Waals surface area contributed by atoms with Gasteiger partial charge in [0.05, 0.1) is 24.4 Å². The number of carbonyl (C=O) groups excluding carboxylic acids is 2. The molecular weight excluding hydrogens is 412 g/mol.